The molecule has 0 aliphatic carbocycles. The molecule has 1 aromatic heterocycles. The molecule has 0 aliphatic heterocycles. The van der Waals surface area contributed by atoms with Crippen molar-refractivity contribution in [1.29, 1.82) is 0 Å². The first-order valence-corrected chi connectivity index (χ1v) is 5.18. The second-order valence-electron chi connectivity index (χ2n) is 3.30. The number of unbranched alkanes of at least 4 members (excludes halogenated alkanes) is 3. The molecule has 78 valence electrons. The lowest BCUT2D eigenvalue weighted by Crippen LogP contribution is -2.01. The summed E-state index contributed by atoms with van der Waals surface area (Å²) in [5.41, 5.74) is 1.13. The Bertz CT molecular complexity index is 226. The van der Waals surface area contributed by atoms with Crippen molar-refractivity contribution in [2.24, 2.45) is 0 Å². The third kappa shape index (κ3) is 4.82. The number of anilines is 1. The maximum Gasteiger partial charge on any atom is 0.0431 e. The van der Waals surface area contributed by atoms with E-state index in [1.165, 1.54) is 6.42 Å². The van der Waals surface area contributed by atoms with Crippen LogP contribution in [0.15, 0.2) is 24.5 Å². The predicted molar refractivity (Wildman–Crippen MR) is 58.3 cm³/mol. The minimum atomic E-state index is 0.317. The van der Waals surface area contributed by atoms with E-state index in [1.807, 2.05) is 12.1 Å². The highest BCUT2D eigenvalue weighted by atomic mass is 16.2. The van der Waals surface area contributed by atoms with Crippen LogP contribution in [0.25, 0.3) is 0 Å². The Balaban J connectivity index is 1.99. The number of pyridine rings is 1. The first kappa shape index (κ1) is 11.0. The Labute approximate surface area is 85.2 Å². The topological polar surface area (TPSA) is 45.1 Å². The maximum atomic E-state index is 8.58. The Morgan fingerprint density at radius 3 is 2.50 bits per heavy atom. The summed E-state index contributed by atoms with van der Waals surface area (Å²) < 4.78 is 0. The zero-order valence-corrected chi connectivity index (χ0v) is 8.45. The molecule has 3 nitrogen and oxygen atoms in total. The second kappa shape index (κ2) is 7.33. The molecule has 0 atom stereocenters. The average molecular weight is 194 g/mol. The third-order valence-corrected chi connectivity index (χ3v) is 2.09. The third-order valence-electron chi connectivity index (χ3n) is 2.09. The van der Waals surface area contributed by atoms with Gasteiger partial charge in [0.05, 0.1) is 0 Å². The standard InChI is InChI=1S/C11H18N2O/c14-10-4-2-1-3-7-13-11-5-8-12-9-6-11/h5-6,8-9,14H,1-4,7,10H2,(H,12,13). The van der Waals surface area contributed by atoms with Crippen molar-refractivity contribution in [3.05, 3.63) is 24.5 Å². The smallest absolute Gasteiger partial charge is 0.0431 e. The predicted octanol–water partition coefficient (Wildman–Crippen LogP) is 2.05. The fourth-order valence-electron chi connectivity index (χ4n) is 1.29. The molecule has 0 aromatic carbocycles. The summed E-state index contributed by atoms with van der Waals surface area (Å²) >= 11 is 0. The van der Waals surface area contributed by atoms with Gasteiger partial charge in [0.1, 0.15) is 0 Å². The van der Waals surface area contributed by atoms with E-state index in [0.717, 1.165) is 31.5 Å². The van der Waals surface area contributed by atoms with Crippen molar-refractivity contribution in [2.45, 2.75) is 25.7 Å². The second-order valence-corrected chi connectivity index (χ2v) is 3.30. The van der Waals surface area contributed by atoms with Crippen LogP contribution in [0, 0.1) is 0 Å². The van der Waals surface area contributed by atoms with E-state index in [-0.39, 0.29) is 0 Å². The molecule has 1 aromatic rings. The maximum absolute atomic E-state index is 8.58. The number of hydrogen-bond acceptors (Lipinski definition) is 3. The zero-order valence-electron chi connectivity index (χ0n) is 8.45. The molecule has 0 radical (unpaired) electrons. The highest BCUT2D eigenvalue weighted by Gasteiger charge is 1.90. The van der Waals surface area contributed by atoms with Crippen molar-refractivity contribution in [3.8, 4) is 0 Å². The van der Waals surface area contributed by atoms with Crippen molar-refractivity contribution >= 4 is 5.69 Å². The van der Waals surface area contributed by atoms with Gasteiger partial charge in [-0.1, -0.05) is 12.8 Å². The van der Waals surface area contributed by atoms with E-state index in [4.69, 9.17) is 5.11 Å². The van der Waals surface area contributed by atoms with Gasteiger partial charge in [0.25, 0.3) is 0 Å². The van der Waals surface area contributed by atoms with E-state index in [0.29, 0.717) is 6.61 Å². The molecule has 0 aliphatic rings. The van der Waals surface area contributed by atoms with Gasteiger partial charge in [0.2, 0.25) is 0 Å². The van der Waals surface area contributed by atoms with Crippen molar-refractivity contribution in [3.63, 3.8) is 0 Å². The molecule has 0 amide bonds. The Hall–Kier alpha value is -1.09. The number of nitrogens with one attached hydrogen (secondary N) is 1. The highest BCUT2D eigenvalue weighted by molar-refractivity contribution is 5.40. The normalized spacial score (nSPS) is 10.1. The molecule has 1 heterocycles. The van der Waals surface area contributed by atoms with Gasteiger partial charge in [0.15, 0.2) is 0 Å². The quantitative estimate of drug-likeness (QED) is 0.653. The first-order valence-electron chi connectivity index (χ1n) is 5.18. The number of rotatable bonds is 7. The minimum Gasteiger partial charge on any atom is -0.396 e. The number of aliphatic hydroxyl groups excluding tert-OH is 1. The van der Waals surface area contributed by atoms with Gasteiger partial charge in [-0.3, -0.25) is 4.98 Å². The Kier molecular flexibility index (Phi) is 5.75. The molecule has 0 saturated carbocycles. The molecular formula is C11H18N2O. The summed E-state index contributed by atoms with van der Waals surface area (Å²) in [6.07, 6.45) is 7.95. The van der Waals surface area contributed by atoms with Gasteiger partial charge in [-0.25, -0.2) is 0 Å². The number of aromatic nitrogens is 1. The van der Waals surface area contributed by atoms with Crippen LogP contribution in [0.2, 0.25) is 0 Å². The molecular weight excluding hydrogens is 176 g/mol. The van der Waals surface area contributed by atoms with Crippen LogP contribution in [-0.2, 0) is 0 Å². The van der Waals surface area contributed by atoms with Gasteiger partial charge in [-0.15, -0.1) is 0 Å². The molecule has 1 rings (SSSR count). The van der Waals surface area contributed by atoms with Gasteiger partial charge >= 0.3 is 0 Å². The number of nitrogens with zero attached hydrogens (tertiary/aromatic N) is 1. The monoisotopic (exact) mass is 194 g/mol. The lowest BCUT2D eigenvalue weighted by molar-refractivity contribution is 0.283. The number of aliphatic hydroxyl groups is 1. The van der Waals surface area contributed by atoms with Crippen LogP contribution in [0.1, 0.15) is 25.7 Å². The van der Waals surface area contributed by atoms with Crippen LogP contribution in [0.5, 0.6) is 0 Å². The first-order chi connectivity index (χ1) is 6.93. The highest BCUT2D eigenvalue weighted by Crippen LogP contribution is 2.04. The molecule has 14 heavy (non-hydrogen) atoms. The fourth-order valence-corrected chi connectivity index (χ4v) is 1.29. The van der Waals surface area contributed by atoms with E-state index in [2.05, 4.69) is 10.3 Å². The molecule has 0 fully saturated rings. The Morgan fingerprint density at radius 2 is 1.79 bits per heavy atom. The van der Waals surface area contributed by atoms with Crippen LogP contribution in [0.3, 0.4) is 0 Å². The van der Waals surface area contributed by atoms with E-state index < -0.39 is 0 Å². The minimum absolute atomic E-state index is 0.317. The average Bonchev–Trinajstić information content (AvgIpc) is 2.25. The zero-order chi connectivity index (χ0) is 10.1. The summed E-state index contributed by atoms with van der Waals surface area (Å²) in [7, 11) is 0. The fraction of sp³-hybridized carbons (Fsp3) is 0.545. The van der Waals surface area contributed by atoms with Gasteiger partial charge in [-0.2, -0.15) is 0 Å². The number of hydrogen-bond donors (Lipinski definition) is 2. The molecule has 3 heteroatoms. The summed E-state index contributed by atoms with van der Waals surface area (Å²) in [6, 6.07) is 3.93. The van der Waals surface area contributed by atoms with Gasteiger partial charge in [0, 0.05) is 31.2 Å². The van der Waals surface area contributed by atoms with E-state index >= 15 is 0 Å². The van der Waals surface area contributed by atoms with Crippen molar-refractivity contribution < 1.29 is 5.11 Å². The molecule has 0 saturated heterocycles. The largest absolute Gasteiger partial charge is 0.396 e. The summed E-state index contributed by atoms with van der Waals surface area (Å²) in [5, 5.41) is 11.9. The summed E-state index contributed by atoms with van der Waals surface area (Å²) in [4.78, 5) is 3.95. The van der Waals surface area contributed by atoms with Crippen LogP contribution >= 0.6 is 0 Å². The molecule has 0 unspecified atom stereocenters. The molecule has 0 bridgehead atoms. The lowest BCUT2D eigenvalue weighted by atomic mass is 10.2. The van der Waals surface area contributed by atoms with Crippen molar-refractivity contribution in [1.82, 2.24) is 4.98 Å². The SMILES string of the molecule is OCCCCCCNc1ccncc1. The Morgan fingerprint density at radius 1 is 1.07 bits per heavy atom. The van der Waals surface area contributed by atoms with Crippen LogP contribution in [-0.4, -0.2) is 23.2 Å². The summed E-state index contributed by atoms with van der Waals surface area (Å²) in [5.74, 6) is 0. The molecule has 0 spiro atoms. The van der Waals surface area contributed by atoms with Crippen LogP contribution in [0.4, 0.5) is 5.69 Å². The van der Waals surface area contributed by atoms with E-state index in [1.54, 1.807) is 12.4 Å². The van der Waals surface area contributed by atoms with Gasteiger partial charge < -0.3 is 10.4 Å². The lowest BCUT2D eigenvalue weighted by Gasteiger charge is -2.04. The van der Waals surface area contributed by atoms with E-state index in [9.17, 15) is 0 Å². The van der Waals surface area contributed by atoms with Gasteiger partial charge in [-0.05, 0) is 25.0 Å². The van der Waals surface area contributed by atoms with Crippen LogP contribution < -0.4 is 5.32 Å². The van der Waals surface area contributed by atoms with Crippen molar-refractivity contribution in [2.75, 3.05) is 18.5 Å². The summed E-state index contributed by atoms with van der Waals surface area (Å²) in [6.45, 7) is 1.31. The molecule has 2 N–H and O–H groups in total.